The predicted molar refractivity (Wildman–Crippen MR) is 78.0 cm³/mol. The van der Waals surface area contributed by atoms with Crippen LogP contribution in [0.2, 0.25) is 0 Å². The number of rotatable bonds is 9. The van der Waals surface area contributed by atoms with Gasteiger partial charge in [0.15, 0.2) is 11.2 Å². The van der Waals surface area contributed by atoms with E-state index in [2.05, 4.69) is 13.8 Å². The molecule has 0 rings (SSSR count). The highest BCUT2D eigenvalue weighted by Crippen LogP contribution is 2.13. The molecule has 0 spiro atoms. The molecule has 0 aliphatic carbocycles. The van der Waals surface area contributed by atoms with Crippen molar-refractivity contribution in [3.05, 3.63) is 0 Å². The van der Waals surface area contributed by atoms with Crippen LogP contribution < -0.4 is 0 Å². The molecule has 0 radical (unpaired) electrons. The van der Waals surface area contributed by atoms with Gasteiger partial charge in [0.25, 0.3) is 0 Å². The molecule has 1 N–H and O–H groups in total. The molecular weight excluding hydrogens is 264 g/mol. The van der Waals surface area contributed by atoms with Crippen LogP contribution >= 0.6 is 11.8 Å². The molecule has 4 nitrogen and oxygen atoms in total. The monoisotopic (exact) mass is 290 g/mol. The Hall–Kier alpha value is -0.550. The standard InChI is InChI=1S/C14H26O4S/c1-10(2)5-7-18-14(17)12(15)9-13(16)19-8-6-11(3)4/h10-12,15H,5-9H2,1-4H3. The van der Waals surface area contributed by atoms with E-state index in [1.807, 2.05) is 13.8 Å². The first-order valence-corrected chi connectivity index (χ1v) is 7.81. The molecule has 0 amide bonds. The topological polar surface area (TPSA) is 63.6 Å². The second-order valence-electron chi connectivity index (χ2n) is 5.47. The van der Waals surface area contributed by atoms with Gasteiger partial charge in [0.05, 0.1) is 13.0 Å². The maximum atomic E-state index is 11.5. The highest BCUT2D eigenvalue weighted by molar-refractivity contribution is 8.13. The molecule has 0 heterocycles. The summed E-state index contributed by atoms with van der Waals surface area (Å²) >= 11 is 1.17. The van der Waals surface area contributed by atoms with E-state index < -0.39 is 12.1 Å². The Kier molecular flexibility index (Phi) is 9.97. The van der Waals surface area contributed by atoms with Gasteiger partial charge < -0.3 is 9.84 Å². The molecule has 19 heavy (non-hydrogen) atoms. The molecule has 0 aromatic heterocycles. The van der Waals surface area contributed by atoms with Crippen LogP contribution in [0, 0.1) is 11.8 Å². The Labute approximate surface area is 120 Å². The van der Waals surface area contributed by atoms with E-state index in [1.54, 1.807) is 0 Å². The average molecular weight is 290 g/mol. The normalized spacial score (nSPS) is 12.8. The zero-order valence-electron chi connectivity index (χ0n) is 12.3. The van der Waals surface area contributed by atoms with E-state index in [0.717, 1.165) is 18.6 Å². The van der Waals surface area contributed by atoms with Gasteiger partial charge in [-0.25, -0.2) is 4.79 Å². The molecule has 112 valence electrons. The zero-order chi connectivity index (χ0) is 14.8. The molecular formula is C14H26O4S. The van der Waals surface area contributed by atoms with Gasteiger partial charge in [0.2, 0.25) is 0 Å². The number of aliphatic hydroxyl groups excluding tert-OH is 1. The van der Waals surface area contributed by atoms with Crippen molar-refractivity contribution in [2.24, 2.45) is 11.8 Å². The number of esters is 1. The molecule has 0 bridgehead atoms. The zero-order valence-corrected chi connectivity index (χ0v) is 13.2. The predicted octanol–water partition coefficient (Wildman–Crippen LogP) is 2.63. The first-order chi connectivity index (χ1) is 8.82. The van der Waals surface area contributed by atoms with Crippen LogP contribution in [0.4, 0.5) is 0 Å². The molecule has 1 unspecified atom stereocenters. The molecule has 0 saturated heterocycles. The Morgan fingerprint density at radius 1 is 1.11 bits per heavy atom. The van der Waals surface area contributed by atoms with Crippen LogP contribution in [0.25, 0.3) is 0 Å². The smallest absolute Gasteiger partial charge is 0.335 e. The molecule has 1 atom stereocenters. The van der Waals surface area contributed by atoms with Gasteiger partial charge in [0.1, 0.15) is 0 Å². The molecule has 0 fully saturated rings. The lowest BCUT2D eigenvalue weighted by Crippen LogP contribution is -2.26. The van der Waals surface area contributed by atoms with Crippen molar-refractivity contribution in [1.82, 2.24) is 0 Å². The van der Waals surface area contributed by atoms with E-state index in [0.29, 0.717) is 18.4 Å². The summed E-state index contributed by atoms with van der Waals surface area (Å²) in [5, 5.41) is 9.39. The summed E-state index contributed by atoms with van der Waals surface area (Å²) in [5.41, 5.74) is 0. The van der Waals surface area contributed by atoms with Crippen LogP contribution in [0.1, 0.15) is 47.0 Å². The number of hydrogen-bond donors (Lipinski definition) is 1. The first-order valence-electron chi connectivity index (χ1n) is 6.83. The van der Waals surface area contributed by atoms with Crippen molar-refractivity contribution in [3.63, 3.8) is 0 Å². The SMILES string of the molecule is CC(C)CCOC(=O)C(O)CC(=O)SCCC(C)C. The highest BCUT2D eigenvalue weighted by atomic mass is 32.2. The average Bonchev–Trinajstić information content (AvgIpc) is 2.27. The third-order valence-corrected chi connectivity index (χ3v) is 3.46. The summed E-state index contributed by atoms with van der Waals surface area (Å²) in [5.74, 6) is 1.02. The summed E-state index contributed by atoms with van der Waals surface area (Å²) in [4.78, 5) is 22.9. The van der Waals surface area contributed by atoms with Crippen molar-refractivity contribution >= 4 is 22.8 Å². The van der Waals surface area contributed by atoms with Crippen molar-refractivity contribution in [2.45, 2.75) is 53.1 Å². The van der Waals surface area contributed by atoms with Crippen molar-refractivity contribution in [1.29, 1.82) is 0 Å². The maximum Gasteiger partial charge on any atom is 0.335 e. The molecule has 0 aromatic rings. The minimum absolute atomic E-state index is 0.158. The van der Waals surface area contributed by atoms with E-state index in [-0.39, 0.29) is 11.5 Å². The summed E-state index contributed by atoms with van der Waals surface area (Å²) in [6, 6.07) is 0. The minimum Gasteiger partial charge on any atom is -0.464 e. The number of hydrogen-bond acceptors (Lipinski definition) is 5. The highest BCUT2D eigenvalue weighted by Gasteiger charge is 2.20. The van der Waals surface area contributed by atoms with Gasteiger partial charge in [-0.15, -0.1) is 0 Å². The fourth-order valence-corrected chi connectivity index (χ4v) is 2.29. The number of aliphatic hydroxyl groups is 1. The second-order valence-corrected chi connectivity index (χ2v) is 6.63. The summed E-state index contributed by atoms with van der Waals surface area (Å²) in [6.45, 7) is 8.53. The fraction of sp³-hybridized carbons (Fsp3) is 0.857. The van der Waals surface area contributed by atoms with Crippen LogP contribution in [0.5, 0.6) is 0 Å². The first kappa shape index (κ1) is 18.4. The lowest BCUT2D eigenvalue weighted by Gasteiger charge is -2.11. The van der Waals surface area contributed by atoms with Crippen LogP contribution in [-0.2, 0) is 14.3 Å². The van der Waals surface area contributed by atoms with Crippen molar-refractivity contribution in [3.8, 4) is 0 Å². The Bertz CT molecular complexity index is 277. The van der Waals surface area contributed by atoms with Crippen LogP contribution in [0.3, 0.4) is 0 Å². The molecule has 0 aromatic carbocycles. The lowest BCUT2D eigenvalue weighted by atomic mass is 10.1. The Morgan fingerprint density at radius 2 is 1.68 bits per heavy atom. The number of ether oxygens (including phenoxy) is 1. The minimum atomic E-state index is -1.33. The van der Waals surface area contributed by atoms with Gasteiger partial charge in [-0.3, -0.25) is 4.79 Å². The maximum absolute atomic E-state index is 11.5. The van der Waals surface area contributed by atoms with Crippen molar-refractivity contribution < 1.29 is 19.4 Å². The molecule has 0 aliphatic heterocycles. The van der Waals surface area contributed by atoms with Gasteiger partial charge in [-0.05, 0) is 24.7 Å². The van der Waals surface area contributed by atoms with Gasteiger partial charge in [-0.2, -0.15) is 0 Å². The van der Waals surface area contributed by atoms with Crippen LogP contribution in [0.15, 0.2) is 0 Å². The number of carbonyl (C=O) groups excluding carboxylic acids is 2. The van der Waals surface area contributed by atoms with E-state index in [4.69, 9.17) is 4.74 Å². The van der Waals surface area contributed by atoms with Gasteiger partial charge >= 0.3 is 5.97 Å². The van der Waals surface area contributed by atoms with Gasteiger partial charge in [-0.1, -0.05) is 39.5 Å². The van der Waals surface area contributed by atoms with Gasteiger partial charge in [0, 0.05) is 5.75 Å². The van der Waals surface area contributed by atoms with Crippen LogP contribution in [-0.4, -0.2) is 34.7 Å². The lowest BCUT2D eigenvalue weighted by molar-refractivity contribution is -0.155. The summed E-state index contributed by atoms with van der Waals surface area (Å²) in [7, 11) is 0. The molecule has 0 saturated carbocycles. The summed E-state index contributed by atoms with van der Waals surface area (Å²) in [6.07, 6.45) is 0.218. The molecule has 5 heteroatoms. The van der Waals surface area contributed by atoms with Crippen molar-refractivity contribution in [2.75, 3.05) is 12.4 Å². The third kappa shape index (κ3) is 11.0. The number of thioether (sulfide) groups is 1. The fourth-order valence-electron chi connectivity index (χ4n) is 1.20. The Morgan fingerprint density at radius 3 is 2.21 bits per heavy atom. The summed E-state index contributed by atoms with van der Waals surface area (Å²) < 4.78 is 4.91. The number of carbonyl (C=O) groups is 2. The third-order valence-electron chi connectivity index (χ3n) is 2.53. The molecule has 0 aliphatic rings. The largest absolute Gasteiger partial charge is 0.464 e. The van der Waals surface area contributed by atoms with E-state index in [1.165, 1.54) is 11.8 Å². The second kappa shape index (κ2) is 10.3. The quantitative estimate of drug-likeness (QED) is 0.661. The van der Waals surface area contributed by atoms with E-state index >= 15 is 0 Å². The Balaban J connectivity index is 3.78. The van der Waals surface area contributed by atoms with E-state index in [9.17, 15) is 14.7 Å².